The van der Waals surface area contributed by atoms with Crippen molar-refractivity contribution in [1.82, 2.24) is 9.62 Å². The normalized spacial score (nSPS) is 20.9. The quantitative estimate of drug-likeness (QED) is 0.508. The number of ether oxygens (including phenoxy) is 1. The molecular formula is C28H42N4O4S. The van der Waals surface area contributed by atoms with Crippen LogP contribution in [0.15, 0.2) is 21.9 Å². The predicted molar refractivity (Wildman–Crippen MR) is 148 cm³/mol. The molecule has 1 heterocycles. The van der Waals surface area contributed by atoms with Crippen molar-refractivity contribution in [2.75, 3.05) is 11.9 Å². The van der Waals surface area contributed by atoms with Crippen molar-refractivity contribution in [2.45, 2.75) is 110 Å². The lowest BCUT2D eigenvalue weighted by atomic mass is 9.99. The Morgan fingerprint density at radius 1 is 1.03 bits per heavy atom. The highest BCUT2D eigenvalue weighted by Gasteiger charge is 2.31. The van der Waals surface area contributed by atoms with E-state index in [2.05, 4.69) is 20.5 Å². The number of urea groups is 1. The lowest BCUT2D eigenvalue weighted by molar-refractivity contribution is 0.0256. The van der Waals surface area contributed by atoms with Crippen LogP contribution in [-0.4, -0.2) is 45.0 Å². The summed E-state index contributed by atoms with van der Waals surface area (Å²) in [6.07, 6.45) is 9.03. The average molecular weight is 531 g/mol. The van der Waals surface area contributed by atoms with E-state index in [0.29, 0.717) is 6.54 Å². The van der Waals surface area contributed by atoms with Crippen molar-refractivity contribution in [3.05, 3.63) is 39.8 Å². The molecule has 9 heteroatoms. The maximum atomic E-state index is 14.0. The Morgan fingerprint density at radius 3 is 2.22 bits per heavy atom. The second-order valence-electron chi connectivity index (χ2n) is 12.3. The maximum absolute atomic E-state index is 14.0. The van der Waals surface area contributed by atoms with E-state index in [0.717, 1.165) is 57.1 Å². The molecule has 4 rings (SSSR count). The number of benzene rings is 1. The molecule has 2 aliphatic carbocycles. The molecule has 2 N–H and O–H groups in total. The molecule has 204 valence electrons. The van der Waals surface area contributed by atoms with Crippen LogP contribution in [0.25, 0.3) is 0 Å². The summed E-state index contributed by atoms with van der Waals surface area (Å²) in [5.74, 6) is 0. The third-order valence-corrected chi connectivity index (χ3v) is 8.60. The SMILES string of the molecule is CC(C)(C)N=S(=O)(/C=C/[C@@H]1CCCN1C(=O)OC(C)(C)C)NC(=O)Nc1c2c(cc3c1CCC3)CCC2. The fraction of sp³-hybridized carbons (Fsp3) is 0.643. The van der Waals surface area contributed by atoms with Crippen LogP contribution in [-0.2, 0) is 40.3 Å². The van der Waals surface area contributed by atoms with Gasteiger partial charge in [0.2, 0.25) is 0 Å². The topological polar surface area (TPSA) is 100 Å². The average Bonchev–Trinajstić information content (AvgIpc) is 3.49. The van der Waals surface area contributed by atoms with E-state index in [4.69, 9.17) is 4.74 Å². The van der Waals surface area contributed by atoms with Gasteiger partial charge in [-0.2, -0.15) is 0 Å². The first-order valence-corrected chi connectivity index (χ1v) is 15.0. The zero-order chi connectivity index (χ0) is 27.0. The van der Waals surface area contributed by atoms with Gasteiger partial charge in [-0.1, -0.05) is 12.1 Å². The molecule has 0 bridgehead atoms. The summed E-state index contributed by atoms with van der Waals surface area (Å²) in [5, 5.41) is 4.52. The van der Waals surface area contributed by atoms with Gasteiger partial charge in [0, 0.05) is 17.6 Å². The van der Waals surface area contributed by atoms with Crippen molar-refractivity contribution in [3.8, 4) is 0 Å². The number of rotatable bonds is 4. The lowest BCUT2D eigenvalue weighted by Gasteiger charge is -2.27. The number of fused-ring (bicyclic) bond motifs is 2. The highest BCUT2D eigenvalue weighted by atomic mass is 32.2. The van der Waals surface area contributed by atoms with Crippen molar-refractivity contribution >= 4 is 27.7 Å². The summed E-state index contributed by atoms with van der Waals surface area (Å²) in [7, 11) is -3.26. The minimum Gasteiger partial charge on any atom is -0.444 e. The van der Waals surface area contributed by atoms with Crippen LogP contribution in [0, 0.1) is 0 Å². The number of hydrogen-bond acceptors (Lipinski definition) is 5. The number of aryl methyl sites for hydroxylation is 2. The lowest BCUT2D eigenvalue weighted by Crippen LogP contribution is -2.39. The second-order valence-corrected chi connectivity index (χ2v) is 14.1. The number of nitrogens with zero attached hydrogens (tertiary/aromatic N) is 2. The Kier molecular flexibility index (Phi) is 7.66. The van der Waals surface area contributed by atoms with E-state index >= 15 is 0 Å². The van der Waals surface area contributed by atoms with Crippen LogP contribution in [0.5, 0.6) is 0 Å². The molecule has 0 spiro atoms. The molecule has 1 aliphatic heterocycles. The summed E-state index contributed by atoms with van der Waals surface area (Å²) in [6.45, 7) is 11.6. The molecule has 1 fully saturated rings. The van der Waals surface area contributed by atoms with Gasteiger partial charge in [0.15, 0.2) is 9.92 Å². The minimum atomic E-state index is -3.26. The highest BCUT2D eigenvalue weighted by Crippen LogP contribution is 2.38. The van der Waals surface area contributed by atoms with Gasteiger partial charge in [-0.25, -0.2) is 22.9 Å². The first-order chi connectivity index (χ1) is 17.2. The van der Waals surface area contributed by atoms with Gasteiger partial charge >= 0.3 is 12.1 Å². The van der Waals surface area contributed by atoms with Gasteiger partial charge < -0.3 is 15.0 Å². The Hall–Kier alpha value is -2.55. The molecule has 3 amide bonds. The molecule has 2 atom stereocenters. The number of anilines is 1. The van der Waals surface area contributed by atoms with Gasteiger partial charge in [-0.15, -0.1) is 0 Å². The van der Waals surface area contributed by atoms with Crippen LogP contribution in [0.4, 0.5) is 15.3 Å². The van der Waals surface area contributed by atoms with Crippen LogP contribution >= 0.6 is 0 Å². The molecule has 0 saturated carbocycles. The van der Waals surface area contributed by atoms with Crippen LogP contribution in [0.2, 0.25) is 0 Å². The van der Waals surface area contributed by atoms with Crippen LogP contribution < -0.4 is 10.0 Å². The van der Waals surface area contributed by atoms with E-state index < -0.39 is 33.2 Å². The van der Waals surface area contributed by atoms with Gasteiger partial charge in [0.1, 0.15) is 5.60 Å². The molecule has 0 radical (unpaired) electrons. The highest BCUT2D eigenvalue weighted by molar-refractivity contribution is 7.95. The minimum absolute atomic E-state index is 0.267. The Bertz CT molecular complexity index is 1180. The van der Waals surface area contributed by atoms with Gasteiger partial charge in [-0.05, 0) is 115 Å². The van der Waals surface area contributed by atoms with Gasteiger partial charge in [0.05, 0.1) is 11.6 Å². The number of likely N-dealkylation sites (tertiary alicyclic amines) is 1. The fourth-order valence-electron chi connectivity index (χ4n) is 5.47. The first kappa shape index (κ1) is 27.5. The second kappa shape index (κ2) is 10.3. The molecule has 1 aromatic carbocycles. The monoisotopic (exact) mass is 530 g/mol. The van der Waals surface area contributed by atoms with Crippen molar-refractivity contribution in [1.29, 1.82) is 0 Å². The van der Waals surface area contributed by atoms with Gasteiger partial charge in [0.25, 0.3) is 0 Å². The summed E-state index contributed by atoms with van der Waals surface area (Å²) >= 11 is 0. The zero-order valence-corrected chi connectivity index (χ0v) is 23.9. The zero-order valence-electron chi connectivity index (χ0n) is 23.1. The Morgan fingerprint density at radius 2 is 1.65 bits per heavy atom. The van der Waals surface area contributed by atoms with E-state index in [1.165, 1.54) is 27.7 Å². The molecule has 37 heavy (non-hydrogen) atoms. The third kappa shape index (κ3) is 6.86. The van der Waals surface area contributed by atoms with Crippen molar-refractivity contribution < 1.29 is 18.5 Å². The summed E-state index contributed by atoms with van der Waals surface area (Å²) in [4.78, 5) is 27.6. The van der Waals surface area contributed by atoms with Crippen molar-refractivity contribution in [2.24, 2.45) is 4.36 Å². The smallest absolute Gasteiger partial charge is 0.410 e. The molecule has 3 aliphatic rings. The van der Waals surface area contributed by atoms with Gasteiger partial charge in [-0.3, -0.25) is 0 Å². The van der Waals surface area contributed by atoms with Crippen LogP contribution in [0.3, 0.4) is 0 Å². The largest absolute Gasteiger partial charge is 0.444 e. The Balaban J connectivity index is 1.56. The molecule has 8 nitrogen and oxygen atoms in total. The molecular weight excluding hydrogens is 488 g/mol. The van der Waals surface area contributed by atoms with E-state index in [9.17, 15) is 13.8 Å². The number of carbonyl (C=O) groups is 2. The molecule has 1 unspecified atom stereocenters. The van der Waals surface area contributed by atoms with Crippen LogP contribution in [0.1, 0.15) is 89.5 Å². The molecule has 1 aromatic rings. The van der Waals surface area contributed by atoms with Crippen molar-refractivity contribution in [3.63, 3.8) is 0 Å². The standard InChI is InChI=1S/C28H42N4O4S/c1-27(2,3)31-37(35,17-15-21-12-9-16-32(21)26(34)36-28(4,5)6)30-25(33)29-24-22-13-7-10-19(22)18-20-11-8-14-23(20)24/h15,17-18,21H,7-14,16H2,1-6H3,(H2,29,30,31,33,35)/b17-15+/t21-,37?/m0/s1. The maximum Gasteiger partial charge on any atom is 0.410 e. The first-order valence-electron chi connectivity index (χ1n) is 13.4. The van der Waals surface area contributed by atoms with E-state index in [1.54, 1.807) is 11.0 Å². The third-order valence-electron chi connectivity index (χ3n) is 6.77. The number of carbonyl (C=O) groups excluding carboxylic acids is 2. The van der Waals surface area contributed by atoms with E-state index in [1.807, 2.05) is 41.5 Å². The summed E-state index contributed by atoms with van der Waals surface area (Å²) in [5.41, 5.74) is 4.71. The predicted octanol–water partition coefficient (Wildman–Crippen LogP) is 5.88. The summed E-state index contributed by atoms with van der Waals surface area (Å²) in [6, 6.07) is 1.52. The molecule has 0 aromatic heterocycles. The number of hydrogen-bond donors (Lipinski definition) is 2. The Labute approximate surface area is 221 Å². The number of nitrogens with one attached hydrogen (secondary N) is 2. The number of amides is 3. The molecule has 1 saturated heterocycles. The summed E-state index contributed by atoms with van der Waals surface area (Å²) < 4.78 is 26.7. The van der Waals surface area contributed by atoms with E-state index in [-0.39, 0.29) is 6.04 Å². The fourth-order valence-corrected chi connectivity index (χ4v) is 7.17.